The first-order valence-corrected chi connectivity index (χ1v) is 6.68. The van der Waals surface area contributed by atoms with Crippen molar-refractivity contribution in [1.29, 1.82) is 0 Å². The molecule has 1 amide bonds. The van der Waals surface area contributed by atoms with E-state index in [0.717, 1.165) is 18.5 Å². The summed E-state index contributed by atoms with van der Waals surface area (Å²) >= 11 is 0. The molecule has 108 valence electrons. The number of H-pyrrole nitrogens is 1. The fourth-order valence-corrected chi connectivity index (χ4v) is 2.32. The van der Waals surface area contributed by atoms with Crippen molar-refractivity contribution in [3.8, 4) is 0 Å². The summed E-state index contributed by atoms with van der Waals surface area (Å²) in [5, 5.41) is 16.4. The van der Waals surface area contributed by atoms with Crippen molar-refractivity contribution in [3.63, 3.8) is 0 Å². The number of anilines is 2. The summed E-state index contributed by atoms with van der Waals surface area (Å²) < 4.78 is 0. The number of rotatable bonds is 4. The maximum absolute atomic E-state index is 12.5. The lowest BCUT2D eigenvalue weighted by atomic mass is 9.86. The van der Waals surface area contributed by atoms with Crippen LogP contribution in [-0.2, 0) is 0 Å². The smallest absolute Gasteiger partial charge is 0.267 e. The average Bonchev–Trinajstić information content (AvgIpc) is 2.95. The lowest BCUT2D eigenvalue weighted by molar-refractivity contribution is 0.0699. The van der Waals surface area contributed by atoms with Crippen LogP contribution >= 0.6 is 0 Å². The van der Waals surface area contributed by atoms with Gasteiger partial charge in [-0.3, -0.25) is 4.79 Å². The maximum atomic E-state index is 12.5. The summed E-state index contributed by atoms with van der Waals surface area (Å²) in [6, 6.07) is 7.51. The predicted molar refractivity (Wildman–Crippen MR) is 78.2 cm³/mol. The van der Waals surface area contributed by atoms with Crippen LogP contribution < -0.4 is 5.32 Å². The predicted octanol–water partition coefficient (Wildman–Crippen LogP) is 1.73. The van der Waals surface area contributed by atoms with Gasteiger partial charge in [0.15, 0.2) is 0 Å². The van der Waals surface area contributed by atoms with Crippen LogP contribution in [0.1, 0.15) is 23.2 Å². The van der Waals surface area contributed by atoms with Crippen molar-refractivity contribution >= 4 is 17.5 Å². The van der Waals surface area contributed by atoms with Gasteiger partial charge in [0.25, 0.3) is 11.9 Å². The summed E-state index contributed by atoms with van der Waals surface area (Å²) in [7, 11) is 1.83. The number of hydrogen-bond acceptors (Lipinski definition) is 5. The summed E-state index contributed by atoms with van der Waals surface area (Å²) in [4.78, 5) is 14.2. The Kier molecular flexibility index (Phi) is 3.39. The summed E-state index contributed by atoms with van der Waals surface area (Å²) in [6.07, 6.45) is 1.78. The van der Waals surface area contributed by atoms with Crippen molar-refractivity contribution in [2.24, 2.45) is 0 Å². The molecule has 1 heterocycles. The van der Waals surface area contributed by atoms with E-state index in [1.54, 1.807) is 17.0 Å². The zero-order valence-electron chi connectivity index (χ0n) is 11.7. The van der Waals surface area contributed by atoms with E-state index < -0.39 is 0 Å². The summed E-state index contributed by atoms with van der Waals surface area (Å²) in [5.41, 5.74) is 2.57. The van der Waals surface area contributed by atoms with E-state index in [-0.39, 0.29) is 11.9 Å². The van der Waals surface area contributed by atoms with Gasteiger partial charge in [0.1, 0.15) is 0 Å². The third-order valence-corrected chi connectivity index (χ3v) is 3.63. The Balaban J connectivity index is 1.73. The van der Waals surface area contributed by atoms with Crippen LogP contribution in [0.3, 0.4) is 0 Å². The van der Waals surface area contributed by atoms with E-state index >= 15 is 0 Å². The molecule has 21 heavy (non-hydrogen) atoms. The van der Waals surface area contributed by atoms with Gasteiger partial charge in [-0.2, -0.15) is 5.21 Å². The molecule has 2 N–H and O–H groups in total. The minimum Gasteiger partial charge on any atom is -0.338 e. The van der Waals surface area contributed by atoms with Gasteiger partial charge in [-0.25, -0.2) is 0 Å². The molecule has 3 rings (SSSR count). The minimum absolute atomic E-state index is 0.00395. The fraction of sp³-hybridized carbons (Fsp3) is 0.286. The topological polar surface area (TPSA) is 86.8 Å². The molecular formula is C14H16N6O. The lowest BCUT2D eigenvalue weighted by Crippen LogP contribution is -2.42. The number of hydrogen-bond donors (Lipinski definition) is 2. The quantitative estimate of drug-likeness (QED) is 0.835. The molecule has 7 heteroatoms. The molecule has 1 fully saturated rings. The van der Waals surface area contributed by atoms with E-state index in [0.29, 0.717) is 11.5 Å². The van der Waals surface area contributed by atoms with Gasteiger partial charge in [-0.1, -0.05) is 23.3 Å². The molecule has 0 bridgehead atoms. The van der Waals surface area contributed by atoms with E-state index in [9.17, 15) is 4.79 Å². The second-order valence-electron chi connectivity index (χ2n) is 5.17. The van der Waals surface area contributed by atoms with Gasteiger partial charge in [-0.15, -0.1) is 5.10 Å². The number of amides is 1. The molecular weight excluding hydrogens is 268 g/mol. The molecule has 1 aliphatic carbocycles. The molecule has 0 atom stereocenters. The van der Waals surface area contributed by atoms with E-state index in [4.69, 9.17) is 0 Å². The third kappa shape index (κ3) is 2.76. The van der Waals surface area contributed by atoms with E-state index in [1.165, 1.54) is 5.57 Å². The Morgan fingerprint density at radius 1 is 1.48 bits per heavy atom. The van der Waals surface area contributed by atoms with Gasteiger partial charge >= 0.3 is 0 Å². The molecule has 1 saturated carbocycles. The highest BCUT2D eigenvalue weighted by atomic mass is 16.2. The van der Waals surface area contributed by atoms with E-state index in [2.05, 4.69) is 32.5 Å². The summed E-state index contributed by atoms with van der Waals surface area (Å²) in [6.45, 7) is 3.91. The highest BCUT2D eigenvalue weighted by Crippen LogP contribution is 2.29. The summed E-state index contributed by atoms with van der Waals surface area (Å²) in [5.74, 6) is 0.368. The van der Waals surface area contributed by atoms with Gasteiger partial charge in [0, 0.05) is 24.3 Å². The molecule has 0 unspecified atom stereocenters. The number of carbonyl (C=O) groups is 1. The van der Waals surface area contributed by atoms with Crippen LogP contribution in [0, 0.1) is 0 Å². The average molecular weight is 284 g/mol. The minimum atomic E-state index is 0.00395. The van der Waals surface area contributed by atoms with Gasteiger partial charge < -0.3 is 10.2 Å². The van der Waals surface area contributed by atoms with E-state index in [1.807, 2.05) is 19.2 Å². The first-order chi connectivity index (χ1) is 10.1. The van der Waals surface area contributed by atoms with Crippen LogP contribution in [0.2, 0.25) is 0 Å². The molecule has 1 aromatic heterocycles. The SMILES string of the molecule is C=C1CC(N(C)C(=O)c2cccc(Nc3nn[nH]n3)c2)C1. The number of nitrogens with zero attached hydrogens (tertiary/aromatic N) is 4. The highest BCUT2D eigenvalue weighted by molar-refractivity contribution is 5.95. The van der Waals surface area contributed by atoms with Crippen molar-refractivity contribution < 1.29 is 4.79 Å². The van der Waals surface area contributed by atoms with Crippen LogP contribution in [0.4, 0.5) is 11.6 Å². The molecule has 1 aromatic carbocycles. The van der Waals surface area contributed by atoms with Gasteiger partial charge in [-0.05, 0) is 36.3 Å². The Morgan fingerprint density at radius 2 is 2.29 bits per heavy atom. The Morgan fingerprint density at radius 3 is 2.95 bits per heavy atom. The molecule has 0 spiro atoms. The first-order valence-electron chi connectivity index (χ1n) is 6.68. The van der Waals surface area contributed by atoms with Crippen molar-refractivity contribution in [2.75, 3.05) is 12.4 Å². The van der Waals surface area contributed by atoms with Crippen LogP contribution in [0.5, 0.6) is 0 Å². The second kappa shape index (κ2) is 5.35. The van der Waals surface area contributed by atoms with Crippen molar-refractivity contribution in [3.05, 3.63) is 42.0 Å². The Labute approximate surface area is 122 Å². The number of aromatic nitrogens is 4. The van der Waals surface area contributed by atoms with Gasteiger partial charge in [0.05, 0.1) is 0 Å². The zero-order chi connectivity index (χ0) is 14.8. The lowest BCUT2D eigenvalue weighted by Gasteiger charge is -2.36. The fourth-order valence-electron chi connectivity index (χ4n) is 2.32. The zero-order valence-corrected chi connectivity index (χ0v) is 11.7. The number of benzene rings is 1. The molecule has 7 nitrogen and oxygen atoms in total. The van der Waals surface area contributed by atoms with Gasteiger partial charge in [0.2, 0.25) is 0 Å². The monoisotopic (exact) mass is 284 g/mol. The van der Waals surface area contributed by atoms with Crippen molar-refractivity contribution in [2.45, 2.75) is 18.9 Å². The molecule has 0 saturated heterocycles. The largest absolute Gasteiger partial charge is 0.338 e. The first kappa shape index (κ1) is 13.3. The van der Waals surface area contributed by atoms with Crippen LogP contribution in [0.15, 0.2) is 36.4 Å². The normalized spacial score (nSPS) is 14.6. The standard InChI is InChI=1S/C14H16N6O/c1-9-6-12(7-9)20(2)13(21)10-4-3-5-11(8-10)15-14-16-18-19-17-14/h3-5,8,12H,1,6-7H2,2H3,(H2,15,16,17,18,19). The number of carbonyl (C=O) groups excluding carboxylic acids is 1. The number of aromatic amines is 1. The highest BCUT2D eigenvalue weighted by Gasteiger charge is 2.28. The Hall–Kier alpha value is -2.70. The third-order valence-electron chi connectivity index (χ3n) is 3.63. The molecule has 2 aromatic rings. The second-order valence-corrected chi connectivity index (χ2v) is 5.17. The number of nitrogens with one attached hydrogen (secondary N) is 2. The van der Waals surface area contributed by atoms with Crippen LogP contribution in [0.25, 0.3) is 0 Å². The van der Waals surface area contributed by atoms with Crippen LogP contribution in [-0.4, -0.2) is 44.5 Å². The molecule has 0 radical (unpaired) electrons. The molecule has 0 aliphatic heterocycles. The molecule has 1 aliphatic rings. The Bertz CT molecular complexity index is 658. The van der Waals surface area contributed by atoms with Crippen molar-refractivity contribution in [1.82, 2.24) is 25.5 Å². The number of tetrazole rings is 1. The maximum Gasteiger partial charge on any atom is 0.267 e.